The van der Waals surface area contributed by atoms with Crippen LogP contribution in [0.5, 0.6) is 0 Å². The van der Waals surface area contributed by atoms with E-state index < -0.39 is 21.1 Å². The van der Waals surface area contributed by atoms with Crippen LogP contribution in [-0.4, -0.2) is 13.4 Å². The standard InChI is InChI=1S/C15H15Cl2FN2O3S/c1-15(2,18)14-6-13(21)12(7-19-14)20-24(22,23)8-9-3-4-10(16)11(17)5-9/h3-7,20H,8H2,1-2H3,(H,19,21). The number of hydrogen-bond acceptors (Lipinski definition) is 3. The first-order valence-electron chi connectivity index (χ1n) is 6.84. The number of aromatic nitrogens is 1. The van der Waals surface area contributed by atoms with Crippen molar-refractivity contribution in [3.05, 3.63) is 62.0 Å². The highest BCUT2D eigenvalue weighted by Crippen LogP contribution is 2.24. The number of H-pyrrole nitrogens is 1. The van der Waals surface area contributed by atoms with E-state index in [0.717, 1.165) is 12.3 Å². The van der Waals surface area contributed by atoms with Gasteiger partial charge in [-0.25, -0.2) is 12.8 Å². The van der Waals surface area contributed by atoms with Crippen LogP contribution < -0.4 is 10.2 Å². The lowest BCUT2D eigenvalue weighted by Crippen LogP contribution is -2.22. The third-order valence-electron chi connectivity index (χ3n) is 3.16. The molecule has 0 saturated heterocycles. The lowest BCUT2D eigenvalue weighted by molar-refractivity contribution is 0.214. The molecule has 2 N–H and O–H groups in total. The van der Waals surface area contributed by atoms with Crippen LogP contribution in [0.1, 0.15) is 25.1 Å². The van der Waals surface area contributed by atoms with Crippen molar-refractivity contribution in [1.29, 1.82) is 0 Å². The first-order valence-corrected chi connectivity index (χ1v) is 9.25. The Bertz CT molecular complexity index is 921. The molecule has 0 unspecified atom stereocenters. The van der Waals surface area contributed by atoms with Gasteiger partial charge in [-0.15, -0.1) is 0 Å². The number of alkyl halides is 1. The molecule has 1 aromatic carbocycles. The molecule has 1 aromatic heterocycles. The van der Waals surface area contributed by atoms with Crippen LogP contribution in [0.25, 0.3) is 0 Å². The van der Waals surface area contributed by atoms with Gasteiger partial charge >= 0.3 is 0 Å². The first-order chi connectivity index (χ1) is 11.0. The van der Waals surface area contributed by atoms with E-state index >= 15 is 0 Å². The number of sulfonamides is 1. The first kappa shape index (κ1) is 18.8. The molecule has 0 saturated carbocycles. The van der Waals surface area contributed by atoms with E-state index in [9.17, 15) is 17.6 Å². The summed E-state index contributed by atoms with van der Waals surface area (Å²) in [7, 11) is -3.85. The van der Waals surface area contributed by atoms with Crippen LogP contribution in [0.15, 0.2) is 35.3 Å². The molecule has 0 amide bonds. The molecule has 0 radical (unpaired) electrons. The molecule has 130 valence electrons. The van der Waals surface area contributed by atoms with Crippen molar-refractivity contribution < 1.29 is 12.8 Å². The summed E-state index contributed by atoms with van der Waals surface area (Å²) in [5.74, 6) is -0.389. The number of anilines is 1. The molecular weight excluding hydrogens is 378 g/mol. The van der Waals surface area contributed by atoms with Crippen LogP contribution in [0.3, 0.4) is 0 Å². The zero-order valence-corrected chi connectivity index (χ0v) is 15.2. The molecule has 0 bridgehead atoms. The Balaban J connectivity index is 2.23. The van der Waals surface area contributed by atoms with Gasteiger partial charge in [0.25, 0.3) is 0 Å². The average molecular weight is 393 g/mol. The van der Waals surface area contributed by atoms with Gasteiger partial charge in [0.2, 0.25) is 15.5 Å². The van der Waals surface area contributed by atoms with Crippen molar-refractivity contribution in [2.45, 2.75) is 25.3 Å². The van der Waals surface area contributed by atoms with E-state index in [2.05, 4.69) is 9.71 Å². The molecule has 2 aromatic rings. The van der Waals surface area contributed by atoms with Gasteiger partial charge in [-0.3, -0.25) is 9.52 Å². The van der Waals surface area contributed by atoms with Gasteiger partial charge in [0.05, 0.1) is 21.5 Å². The molecule has 0 aliphatic rings. The normalized spacial score (nSPS) is 12.2. The zero-order valence-electron chi connectivity index (χ0n) is 12.9. The molecule has 1 heterocycles. The van der Waals surface area contributed by atoms with E-state index in [0.29, 0.717) is 10.6 Å². The Morgan fingerprint density at radius 2 is 1.88 bits per heavy atom. The Morgan fingerprint density at radius 1 is 1.21 bits per heavy atom. The minimum Gasteiger partial charge on any atom is -0.360 e. The molecule has 2 rings (SSSR count). The van der Waals surface area contributed by atoms with Crippen LogP contribution in [0.2, 0.25) is 10.0 Å². The summed E-state index contributed by atoms with van der Waals surface area (Å²) in [6.07, 6.45) is 1.13. The minimum atomic E-state index is -3.85. The largest absolute Gasteiger partial charge is 0.360 e. The summed E-state index contributed by atoms with van der Waals surface area (Å²) >= 11 is 11.6. The maximum absolute atomic E-state index is 13.8. The topological polar surface area (TPSA) is 79.0 Å². The van der Waals surface area contributed by atoms with Gasteiger partial charge in [-0.05, 0) is 31.5 Å². The minimum absolute atomic E-state index is 0.0555. The second kappa shape index (κ2) is 6.74. The predicted molar refractivity (Wildman–Crippen MR) is 93.9 cm³/mol. The van der Waals surface area contributed by atoms with Gasteiger partial charge in [-0.2, -0.15) is 0 Å². The van der Waals surface area contributed by atoms with Crippen LogP contribution >= 0.6 is 23.2 Å². The Hall–Kier alpha value is -1.57. The molecular formula is C15H15Cl2FN2O3S. The van der Waals surface area contributed by atoms with Gasteiger partial charge in [0.15, 0.2) is 0 Å². The Morgan fingerprint density at radius 3 is 2.42 bits per heavy atom. The van der Waals surface area contributed by atoms with Crippen LogP contribution in [0.4, 0.5) is 10.1 Å². The number of benzene rings is 1. The van der Waals surface area contributed by atoms with Crippen molar-refractivity contribution in [3.8, 4) is 0 Å². The Kier molecular flexibility index (Phi) is 5.27. The van der Waals surface area contributed by atoms with Crippen LogP contribution in [-0.2, 0) is 21.4 Å². The van der Waals surface area contributed by atoms with E-state index in [1.165, 1.54) is 32.0 Å². The van der Waals surface area contributed by atoms with Crippen LogP contribution in [0, 0.1) is 0 Å². The zero-order chi connectivity index (χ0) is 18.1. The third kappa shape index (κ3) is 4.72. The van der Waals surface area contributed by atoms with Crippen molar-refractivity contribution >= 4 is 38.9 Å². The maximum Gasteiger partial charge on any atom is 0.237 e. The Labute approximate surface area is 148 Å². The summed E-state index contributed by atoms with van der Waals surface area (Å²) in [6, 6.07) is 5.46. The van der Waals surface area contributed by atoms with Crippen molar-refractivity contribution in [2.75, 3.05) is 4.72 Å². The van der Waals surface area contributed by atoms with Gasteiger partial charge < -0.3 is 4.98 Å². The fourth-order valence-electron chi connectivity index (χ4n) is 1.95. The number of nitrogens with one attached hydrogen (secondary N) is 2. The summed E-state index contributed by atoms with van der Waals surface area (Å²) in [4.78, 5) is 14.5. The molecule has 0 atom stereocenters. The molecule has 9 heteroatoms. The molecule has 5 nitrogen and oxygen atoms in total. The molecule has 0 fully saturated rings. The number of halogens is 3. The number of rotatable bonds is 5. The van der Waals surface area contributed by atoms with Crippen molar-refractivity contribution in [2.24, 2.45) is 0 Å². The quantitative estimate of drug-likeness (QED) is 0.811. The second-order valence-corrected chi connectivity index (χ2v) is 8.24. The highest BCUT2D eigenvalue weighted by molar-refractivity contribution is 7.91. The molecule has 0 spiro atoms. The van der Waals surface area contributed by atoms with Gasteiger partial charge in [-0.1, -0.05) is 29.3 Å². The van der Waals surface area contributed by atoms with E-state index in [-0.39, 0.29) is 22.2 Å². The van der Waals surface area contributed by atoms with E-state index in [1.54, 1.807) is 0 Å². The van der Waals surface area contributed by atoms with E-state index in [1.807, 2.05) is 0 Å². The summed E-state index contributed by atoms with van der Waals surface area (Å²) < 4.78 is 40.3. The highest BCUT2D eigenvalue weighted by atomic mass is 35.5. The molecule has 0 aliphatic heterocycles. The van der Waals surface area contributed by atoms with E-state index in [4.69, 9.17) is 23.2 Å². The monoisotopic (exact) mass is 392 g/mol. The second-order valence-electron chi connectivity index (χ2n) is 5.71. The average Bonchev–Trinajstić information content (AvgIpc) is 2.43. The lowest BCUT2D eigenvalue weighted by atomic mass is 10.1. The molecule has 0 aliphatic carbocycles. The SMILES string of the molecule is CC(C)(F)c1cc(=O)c(NS(=O)(=O)Cc2ccc(Cl)c(Cl)c2)c[nH]1. The highest BCUT2D eigenvalue weighted by Gasteiger charge is 2.21. The number of pyridine rings is 1. The van der Waals surface area contributed by atoms with Crippen molar-refractivity contribution in [3.63, 3.8) is 0 Å². The maximum atomic E-state index is 13.8. The summed E-state index contributed by atoms with van der Waals surface area (Å²) in [6.45, 7) is 2.57. The number of aromatic amines is 1. The third-order valence-corrected chi connectivity index (χ3v) is 5.14. The predicted octanol–water partition coefficient (Wildman–Crippen LogP) is 3.83. The smallest absolute Gasteiger partial charge is 0.237 e. The fourth-order valence-corrected chi connectivity index (χ4v) is 3.45. The van der Waals surface area contributed by atoms with Gasteiger partial charge in [0.1, 0.15) is 11.4 Å². The van der Waals surface area contributed by atoms with Gasteiger partial charge in [0, 0.05) is 12.3 Å². The lowest BCUT2D eigenvalue weighted by Gasteiger charge is -2.15. The van der Waals surface area contributed by atoms with Crippen molar-refractivity contribution in [1.82, 2.24) is 4.98 Å². The summed E-state index contributed by atoms with van der Waals surface area (Å²) in [5.41, 5.74) is -2.10. The fraction of sp³-hybridized carbons (Fsp3) is 0.267. The summed E-state index contributed by atoms with van der Waals surface area (Å²) in [5, 5.41) is 0.545. The number of hydrogen-bond donors (Lipinski definition) is 2. The molecule has 24 heavy (non-hydrogen) atoms.